The van der Waals surface area contributed by atoms with Crippen LogP contribution in [-0.2, 0) is 6.54 Å². The molecule has 0 radical (unpaired) electrons. The molecule has 0 amide bonds. The van der Waals surface area contributed by atoms with Crippen LogP contribution in [-0.4, -0.2) is 9.55 Å². The molecular formula is C14H17Cl2N3. The second-order valence-corrected chi connectivity index (χ2v) is 6.64. The number of rotatable bonds is 2. The molecule has 0 spiro atoms. The Labute approximate surface area is 122 Å². The number of aromatic nitrogens is 2. The Morgan fingerprint density at radius 3 is 2.58 bits per heavy atom. The molecule has 1 aliphatic carbocycles. The zero-order valence-electron chi connectivity index (χ0n) is 10.9. The number of anilines is 1. The number of hydrogen-bond acceptors (Lipinski definition) is 2. The van der Waals surface area contributed by atoms with E-state index in [2.05, 4.69) is 16.5 Å². The number of nitrogen functional groups attached to an aromatic ring is 1. The van der Waals surface area contributed by atoms with Crippen LogP contribution in [0, 0.1) is 5.41 Å². The maximum atomic E-state index is 6.11. The van der Waals surface area contributed by atoms with Crippen LogP contribution in [0.1, 0.15) is 32.6 Å². The summed E-state index contributed by atoms with van der Waals surface area (Å²) in [6, 6.07) is 3.64. The van der Waals surface area contributed by atoms with Crippen LogP contribution in [0.15, 0.2) is 12.1 Å². The van der Waals surface area contributed by atoms with Gasteiger partial charge in [0.15, 0.2) is 0 Å². The van der Waals surface area contributed by atoms with Crippen LogP contribution in [0.5, 0.6) is 0 Å². The summed E-state index contributed by atoms with van der Waals surface area (Å²) in [7, 11) is 0. The van der Waals surface area contributed by atoms with Gasteiger partial charge in [0.25, 0.3) is 0 Å². The first-order valence-electron chi connectivity index (χ1n) is 6.59. The van der Waals surface area contributed by atoms with Crippen molar-refractivity contribution in [2.24, 2.45) is 5.41 Å². The fraction of sp³-hybridized carbons (Fsp3) is 0.500. The van der Waals surface area contributed by atoms with E-state index in [-0.39, 0.29) is 0 Å². The quantitative estimate of drug-likeness (QED) is 0.886. The summed E-state index contributed by atoms with van der Waals surface area (Å²) in [5.74, 6) is 0.543. The SMILES string of the molecule is CC1(Cn2c(N)nc3cc(Cl)c(Cl)cc32)CCCC1. The molecule has 0 bridgehead atoms. The number of hydrogen-bond donors (Lipinski definition) is 1. The van der Waals surface area contributed by atoms with Crippen LogP contribution < -0.4 is 5.73 Å². The minimum Gasteiger partial charge on any atom is -0.369 e. The van der Waals surface area contributed by atoms with Gasteiger partial charge in [0.2, 0.25) is 5.95 Å². The van der Waals surface area contributed by atoms with Crippen LogP contribution in [0.3, 0.4) is 0 Å². The summed E-state index contributed by atoms with van der Waals surface area (Å²) in [5.41, 5.74) is 8.16. The van der Waals surface area contributed by atoms with E-state index in [9.17, 15) is 0 Å². The second-order valence-electron chi connectivity index (χ2n) is 5.83. The fourth-order valence-electron chi connectivity index (χ4n) is 3.07. The maximum absolute atomic E-state index is 6.11. The molecule has 19 heavy (non-hydrogen) atoms. The van der Waals surface area contributed by atoms with Crippen molar-refractivity contribution in [3.63, 3.8) is 0 Å². The molecule has 1 aromatic heterocycles. The summed E-state index contributed by atoms with van der Waals surface area (Å²) in [6.07, 6.45) is 5.09. The lowest BCUT2D eigenvalue weighted by molar-refractivity contribution is 0.287. The second kappa shape index (κ2) is 4.57. The van der Waals surface area contributed by atoms with Crippen LogP contribution in [0.2, 0.25) is 10.0 Å². The first kappa shape index (κ1) is 13.1. The summed E-state index contributed by atoms with van der Waals surface area (Å²) >= 11 is 12.1. The highest BCUT2D eigenvalue weighted by Crippen LogP contribution is 2.40. The van der Waals surface area contributed by atoms with Gasteiger partial charge in [-0.25, -0.2) is 4.98 Å². The largest absolute Gasteiger partial charge is 0.369 e. The molecule has 5 heteroatoms. The van der Waals surface area contributed by atoms with Crippen molar-refractivity contribution in [1.29, 1.82) is 0 Å². The third-order valence-corrected chi connectivity index (χ3v) is 4.89. The molecule has 2 aromatic rings. The molecule has 3 rings (SSSR count). The van der Waals surface area contributed by atoms with Crippen molar-refractivity contribution in [3.8, 4) is 0 Å². The van der Waals surface area contributed by atoms with Gasteiger partial charge in [-0.15, -0.1) is 0 Å². The third kappa shape index (κ3) is 2.30. The van der Waals surface area contributed by atoms with Gasteiger partial charge >= 0.3 is 0 Å². The lowest BCUT2D eigenvalue weighted by Gasteiger charge is -2.24. The fourth-order valence-corrected chi connectivity index (χ4v) is 3.39. The van der Waals surface area contributed by atoms with E-state index in [0.717, 1.165) is 17.6 Å². The molecule has 1 aliphatic rings. The molecule has 0 aliphatic heterocycles. The minimum atomic E-state index is 0.313. The van der Waals surface area contributed by atoms with E-state index in [4.69, 9.17) is 28.9 Å². The molecule has 1 heterocycles. The molecule has 1 fully saturated rings. The molecular weight excluding hydrogens is 281 g/mol. The molecule has 102 valence electrons. The van der Waals surface area contributed by atoms with Crippen molar-refractivity contribution in [3.05, 3.63) is 22.2 Å². The monoisotopic (exact) mass is 297 g/mol. The zero-order chi connectivity index (χ0) is 13.6. The van der Waals surface area contributed by atoms with Gasteiger partial charge in [-0.2, -0.15) is 0 Å². The summed E-state index contributed by atoms with van der Waals surface area (Å²) in [5, 5.41) is 1.07. The molecule has 0 atom stereocenters. The highest BCUT2D eigenvalue weighted by molar-refractivity contribution is 6.42. The van der Waals surface area contributed by atoms with Gasteiger partial charge in [0.1, 0.15) is 0 Å². The predicted molar refractivity (Wildman–Crippen MR) is 80.7 cm³/mol. The number of benzene rings is 1. The lowest BCUT2D eigenvalue weighted by Crippen LogP contribution is -2.20. The van der Waals surface area contributed by atoms with Gasteiger partial charge in [-0.05, 0) is 30.4 Å². The number of nitrogens with zero attached hydrogens (tertiary/aromatic N) is 2. The minimum absolute atomic E-state index is 0.313. The number of imidazole rings is 1. The molecule has 0 unspecified atom stereocenters. The highest BCUT2D eigenvalue weighted by atomic mass is 35.5. The van der Waals surface area contributed by atoms with Crippen molar-refractivity contribution in [1.82, 2.24) is 9.55 Å². The van der Waals surface area contributed by atoms with E-state index in [1.54, 1.807) is 6.07 Å². The molecule has 1 saturated carbocycles. The molecule has 0 saturated heterocycles. The smallest absolute Gasteiger partial charge is 0.201 e. The zero-order valence-corrected chi connectivity index (χ0v) is 12.4. The van der Waals surface area contributed by atoms with Crippen LogP contribution in [0.25, 0.3) is 11.0 Å². The summed E-state index contributed by atoms with van der Waals surface area (Å²) < 4.78 is 2.07. The molecule has 1 aromatic carbocycles. The number of fused-ring (bicyclic) bond motifs is 1. The van der Waals surface area contributed by atoms with Crippen molar-refractivity contribution < 1.29 is 0 Å². The van der Waals surface area contributed by atoms with Crippen molar-refractivity contribution in [2.45, 2.75) is 39.2 Å². The normalized spacial score (nSPS) is 18.3. The number of nitrogens with two attached hydrogens (primary N) is 1. The first-order chi connectivity index (χ1) is 8.98. The summed E-state index contributed by atoms with van der Waals surface area (Å²) in [6.45, 7) is 3.22. The van der Waals surface area contributed by atoms with Crippen molar-refractivity contribution >= 4 is 40.2 Å². The summed E-state index contributed by atoms with van der Waals surface area (Å²) in [4.78, 5) is 4.39. The Hall–Kier alpha value is -0.930. The Balaban J connectivity index is 2.07. The van der Waals surface area contributed by atoms with Crippen molar-refractivity contribution in [2.75, 3.05) is 5.73 Å². The standard InChI is InChI=1S/C14H17Cl2N3/c1-14(4-2-3-5-14)8-19-12-7-10(16)9(15)6-11(12)18-13(19)17/h6-7H,2-5,8H2,1H3,(H2,17,18). The Morgan fingerprint density at radius 2 is 1.89 bits per heavy atom. The van der Waals surface area contributed by atoms with E-state index in [0.29, 0.717) is 21.4 Å². The van der Waals surface area contributed by atoms with Gasteiger partial charge in [0, 0.05) is 6.54 Å². The Kier molecular flexibility index (Phi) is 3.14. The average Bonchev–Trinajstić information content (AvgIpc) is 2.88. The van der Waals surface area contributed by atoms with Gasteiger partial charge < -0.3 is 10.3 Å². The average molecular weight is 298 g/mol. The maximum Gasteiger partial charge on any atom is 0.201 e. The van der Waals surface area contributed by atoms with E-state index in [1.807, 2.05) is 6.07 Å². The van der Waals surface area contributed by atoms with E-state index < -0.39 is 0 Å². The Morgan fingerprint density at radius 1 is 1.26 bits per heavy atom. The van der Waals surface area contributed by atoms with Gasteiger partial charge in [-0.1, -0.05) is 43.0 Å². The lowest BCUT2D eigenvalue weighted by atomic mass is 9.89. The van der Waals surface area contributed by atoms with E-state index in [1.165, 1.54) is 25.7 Å². The topological polar surface area (TPSA) is 43.8 Å². The third-order valence-electron chi connectivity index (χ3n) is 4.17. The number of halogens is 2. The first-order valence-corrected chi connectivity index (χ1v) is 7.35. The van der Waals surface area contributed by atoms with Crippen LogP contribution in [0.4, 0.5) is 5.95 Å². The Bertz CT molecular complexity index is 627. The van der Waals surface area contributed by atoms with Crippen LogP contribution >= 0.6 is 23.2 Å². The van der Waals surface area contributed by atoms with E-state index >= 15 is 0 Å². The van der Waals surface area contributed by atoms with Gasteiger partial charge in [-0.3, -0.25) is 0 Å². The predicted octanol–water partition coefficient (Wildman–Crippen LogP) is 4.51. The molecule has 3 nitrogen and oxygen atoms in total. The van der Waals surface area contributed by atoms with Gasteiger partial charge in [0.05, 0.1) is 21.1 Å². The molecule has 2 N–H and O–H groups in total. The highest BCUT2D eigenvalue weighted by Gasteiger charge is 2.30.